The molecule has 4 nitrogen and oxygen atoms in total. The van der Waals surface area contributed by atoms with Crippen LogP contribution in [0.1, 0.15) is 49.7 Å². The number of fused-ring (bicyclic) bond motifs is 1. The Hall–Kier alpha value is -1.16. The van der Waals surface area contributed by atoms with E-state index in [1.807, 2.05) is 0 Å². The Labute approximate surface area is 102 Å². The number of hydrogen-bond acceptors (Lipinski definition) is 4. The number of nitrogens with zero attached hydrogens (tertiary/aromatic N) is 2. The fraction of sp³-hybridized carbons (Fsp3) is 0.692. The quantitative estimate of drug-likeness (QED) is 0.834. The lowest BCUT2D eigenvalue weighted by Gasteiger charge is -2.21. The van der Waals surface area contributed by atoms with Crippen molar-refractivity contribution in [2.75, 3.05) is 11.9 Å². The Morgan fingerprint density at radius 3 is 2.82 bits per heavy atom. The Balaban J connectivity index is 1.99. The molecular weight excluding hydrogens is 212 g/mol. The third-order valence-corrected chi connectivity index (χ3v) is 3.39. The average Bonchev–Trinajstić information content (AvgIpc) is 3.13. The first-order chi connectivity index (χ1) is 8.24. The van der Waals surface area contributed by atoms with E-state index >= 15 is 0 Å². The molecule has 1 aliphatic carbocycles. The summed E-state index contributed by atoms with van der Waals surface area (Å²) >= 11 is 0. The Morgan fingerprint density at radius 2 is 2.12 bits per heavy atom. The number of aromatic nitrogens is 2. The van der Waals surface area contributed by atoms with E-state index in [-0.39, 0.29) is 0 Å². The molecule has 1 aromatic heterocycles. The van der Waals surface area contributed by atoms with E-state index in [2.05, 4.69) is 24.5 Å². The highest BCUT2D eigenvalue weighted by atomic mass is 15.1. The summed E-state index contributed by atoms with van der Waals surface area (Å²) in [4.78, 5) is 9.41. The SMILES string of the molecule is CC(C)c1nc2c(c(NC3CC3)n1)CNCC2. The van der Waals surface area contributed by atoms with E-state index in [1.165, 1.54) is 24.1 Å². The van der Waals surface area contributed by atoms with E-state index in [0.29, 0.717) is 12.0 Å². The van der Waals surface area contributed by atoms with Crippen LogP contribution >= 0.6 is 0 Å². The molecule has 0 saturated heterocycles. The van der Waals surface area contributed by atoms with Gasteiger partial charge in [0.25, 0.3) is 0 Å². The van der Waals surface area contributed by atoms with Crippen molar-refractivity contribution >= 4 is 5.82 Å². The second-order valence-electron chi connectivity index (χ2n) is 5.36. The summed E-state index contributed by atoms with van der Waals surface area (Å²) in [6.07, 6.45) is 3.59. The number of nitrogens with one attached hydrogen (secondary N) is 2. The van der Waals surface area contributed by atoms with Gasteiger partial charge in [-0.05, 0) is 12.8 Å². The molecule has 2 N–H and O–H groups in total. The largest absolute Gasteiger partial charge is 0.367 e. The van der Waals surface area contributed by atoms with Crippen LogP contribution < -0.4 is 10.6 Å². The Morgan fingerprint density at radius 1 is 1.29 bits per heavy atom. The van der Waals surface area contributed by atoms with Crippen LogP contribution in [0.3, 0.4) is 0 Å². The van der Waals surface area contributed by atoms with E-state index in [9.17, 15) is 0 Å². The molecule has 2 heterocycles. The van der Waals surface area contributed by atoms with Crippen molar-refractivity contribution in [3.05, 3.63) is 17.1 Å². The zero-order valence-corrected chi connectivity index (χ0v) is 10.6. The van der Waals surface area contributed by atoms with Gasteiger partial charge < -0.3 is 10.6 Å². The first-order valence-corrected chi connectivity index (χ1v) is 6.61. The number of anilines is 1. The second-order valence-corrected chi connectivity index (χ2v) is 5.36. The van der Waals surface area contributed by atoms with Gasteiger partial charge in [0.05, 0.1) is 5.69 Å². The Bertz CT molecular complexity index is 424. The van der Waals surface area contributed by atoms with Crippen molar-refractivity contribution in [2.24, 2.45) is 0 Å². The molecule has 0 atom stereocenters. The molecule has 0 bridgehead atoms. The summed E-state index contributed by atoms with van der Waals surface area (Å²) in [6, 6.07) is 0.649. The van der Waals surface area contributed by atoms with Gasteiger partial charge in [-0.1, -0.05) is 13.8 Å². The average molecular weight is 232 g/mol. The van der Waals surface area contributed by atoms with Crippen LogP contribution in [0.25, 0.3) is 0 Å². The topological polar surface area (TPSA) is 49.8 Å². The fourth-order valence-electron chi connectivity index (χ4n) is 2.16. The first kappa shape index (κ1) is 11.0. The van der Waals surface area contributed by atoms with Gasteiger partial charge in [-0.2, -0.15) is 0 Å². The molecule has 3 rings (SSSR count). The predicted molar refractivity (Wildman–Crippen MR) is 68.2 cm³/mol. The van der Waals surface area contributed by atoms with Gasteiger partial charge in [-0.3, -0.25) is 0 Å². The molecule has 0 radical (unpaired) electrons. The van der Waals surface area contributed by atoms with Crippen LogP contribution in [0.2, 0.25) is 0 Å². The second kappa shape index (κ2) is 4.26. The molecule has 1 fully saturated rings. The van der Waals surface area contributed by atoms with Crippen LogP contribution in [-0.2, 0) is 13.0 Å². The molecule has 0 unspecified atom stereocenters. The number of rotatable bonds is 3. The summed E-state index contributed by atoms with van der Waals surface area (Å²) in [5.74, 6) is 2.46. The minimum atomic E-state index is 0.398. The van der Waals surface area contributed by atoms with Gasteiger partial charge in [0.15, 0.2) is 0 Å². The molecule has 1 aromatic rings. The van der Waals surface area contributed by atoms with Gasteiger partial charge in [-0.25, -0.2) is 9.97 Å². The van der Waals surface area contributed by atoms with Gasteiger partial charge >= 0.3 is 0 Å². The summed E-state index contributed by atoms with van der Waals surface area (Å²) in [5.41, 5.74) is 2.53. The van der Waals surface area contributed by atoms with Gasteiger partial charge in [-0.15, -0.1) is 0 Å². The lowest BCUT2D eigenvalue weighted by atomic mass is 10.1. The van der Waals surface area contributed by atoms with Crippen molar-refractivity contribution in [1.82, 2.24) is 15.3 Å². The molecule has 92 valence electrons. The minimum Gasteiger partial charge on any atom is -0.367 e. The zero-order valence-electron chi connectivity index (χ0n) is 10.6. The van der Waals surface area contributed by atoms with Crippen LogP contribution in [-0.4, -0.2) is 22.6 Å². The lowest BCUT2D eigenvalue weighted by Crippen LogP contribution is -2.27. The van der Waals surface area contributed by atoms with Crippen molar-refractivity contribution in [3.63, 3.8) is 0 Å². The molecular formula is C13H20N4. The van der Waals surface area contributed by atoms with Gasteiger partial charge in [0.2, 0.25) is 0 Å². The third kappa shape index (κ3) is 2.27. The monoisotopic (exact) mass is 232 g/mol. The maximum atomic E-state index is 4.71. The van der Waals surface area contributed by atoms with Crippen LogP contribution in [0.4, 0.5) is 5.82 Å². The van der Waals surface area contributed by atoms with Crippen LogP contribution in [0, 0.1) is 0 Å². The fourth-order valence-corrected chi connectivity index (χ4v) is 2.16. The summed E-state index contributed by atoms with van der Waals surface area (Å²) in [7, 11) is 0. The van der Waals surface area contributed by atoms with E-state index < -0.39 is 0 Å². The maximum absolute atomic E-state index is 4.71. The summed E-state index contributed by atoms with van der Waals surface area (Å²) in [6.45, 7) is 6.25. The van der Waals surface area contributed by atoms with Gasteiger partial charge in [0, 0.05) is 37.0 Å². The summed E-state index contributed by atoms with van der Waals surface area (Å²) < 4.78 is 0. The molecule has 4 heteroatoms. The molecule has 0 spiro atoms. The summed E-state index contributed by atoms with van der Waals surface area (Å²) in [5, 5.41) is 6.95. The van der Waals surface area contributed by atoms with Crippen LogP contribution in [0.5, 0.6) is 0 Å². The Kier molecular flexibility index (Phi) is 2.74. The van der Waals surface area contributed by atoms with Crippen molar-refractivity contribution in [2.45, 2.75) is 51.6 Å². The standard InChI is InChI=1S/C13H20N4/c1-8(2)12-16-11-5-6-14-7-10(11)13(17-12)15-9-3-4-9/h8-9,14H,3-7H2,1-2H3,(H,15,16,17). The predicted octanol–water partition coefficient (Wildman–Crippen LogP) is 1.82. The minimum absolute atomic E-state index is 0.398. The highest BCUT2D eigenvalue weighted by Crippen LogP contribution is 2.28. The first-order valence-electron chi connectivity index (χ1n) is 6.61. The van der Waals surface area contributed by atoms with Crippen molar-refractivity contribution in [1.29, 1.82) is 0 Å². The molecule has 1 saturated carbocycles. The lowest BCUT2D eigenvalue weighted by molar-refractivity contribution is 0.615. The highest BCUT2D eigenvalue weighted by molar-refractivity contribution is 5.49. The van der Waals surface area contributed by atoms with E-state index in [1.54, 1.807) is 0 Å². The van der Waals surface area contributed by atoms with E-state index in [4.69, 9.17) is 9.97 Å². The number of hydrogen-bond donors (Lipinski definition) is 2. The van der Waals surface area contributed by atoms with Crippen LogP contribution in [0.15, 0.2) is 0 Å². The normalized spacial score (nSPS) is 19.2. The zero-order chi connectivity index (χ0) is 11.8. The van der Waals surface area contributed by atoms with Gasteiger partial charge in [0.1, 0.15) is 11.6 Å². The van der Waals surface area contributed by atoms with E-state index in [0.717, 1.165) is 31.2 Å². The maximum Gasteiger partial charge on any atom is 0.134 e. The van der Waals surface area contributed by atoms with Crippen molar-refractivity contribution in [3.8, 4) is 0 Å². The molecule has 0 aromatic carbocycles. The third-order valence-electron chi connectivity index (χ3n) is 3.39. The van der Waals surface area contributed by atoms with Crippen molar-refractivity contribution < 1.29 is 0 Å². The molecule has 17 heavy (non-hydrogen) atoms. The molecule has 2 aliphatic rings. The highest BCUT2D eigenvalue weighted by Gasteiger charge is 2.25. The molecule has 0 amide bonds. The smallest absolute Gasteiger partial charge is 0.134 e. The molecule has 1 aliphatic heterocycles.